The van der Waals surface area contributed by atoms with Crippen LogP contribution >= 0.6 is 0 Å². The van der Waals surface area contributed by atoms with E-state index in [0.717, 1.165) is 36.7 Å². The third-order valence-electron chi connectivity index (χ3n) is 5.02. The Bertz CT molecular complexity index is 1020. The fourth-order valence-electron chi connectivity index (χ4n) is 3.50. The lowest BCUT2D eigenvalue weighted by atomic mass is 9.91. The van der Waals surface area contributed by atoms with Gasteiger partial charge in [0.05, 0.1) is 11.9 Å². The van der Waals surface area contributed by atoms with Crippen molar-refractivity contribution in [1.82, 2.24) is 24.7 Å². The maximum Gasteiger partial charge on any atom is 0.273 e. The molecule has 1 amide bonds. The van der Waals surface area contributed by atoms with Crippen molar-refractivity contribution in [3.63, 3.8) is 0 Å². The molecule has 0 aliphatic heterocycles. The number of fused-ring (bicyclic) bond motifs is 1. The summed E-state index contributed by atoms with van der Waals surface area (Å²) in [5, 5.41) is 15.2. The molecule has 3 aromatic heterocycles. The van der Waals surface area contributed by atoms with Gasteiger partial charge in [-0.05, 0) is 25.0 Å². The molecule has 3 aromatic rings. The number of amides is 1. The number of hydrogen-bond donors (Lipinski definition) is 4. The topological polar surface area (TPSA) is 150 Å². The minimum absolute atomic E-state index is 0.0355. The minimum Gasteiger partial charge on any atom is -0.364 e. The lowest BCUT2D eigenvalue weighted by molar-refractivity contribution is 0.0995. The van der Waals surface area contributed by atoms with Crippen LogP contribution in [0.4, 0.5) is 17.5 Å². The highest BCUT2D eigenvalue weighted by Gasteiger charge is 2.23. The first-order valence-electron chi connectivity index (χ1n) is 9.26. The van der Waals surface area contributed by atoms with E-state index in [9.17, 15) is 4.79 Å². The van der Waals surface area contributed by atoms with Gasteiger partial charge in [-0.15, -0.1) is 10.2 Å². The van der Waals surface area contributed by atoms with Crippen molar-refractivity contribution in [2.24, 2.45) is 18.5 Å². The van der Waals surface area contributed by atoms with Gasteiger partial charge < -0.3 is 26.7 Å². The van der Waals surface area contributed by atoms with Crippen molar-refractivity contribution in [1.29, 1.82) is 0 Å². The van der Waals surface area contributed by atoms with Gasteiger partial charge in [-0.2, -0.15) is 4.98 Å². The van der Waals surface area contributed by atoms with Gasteiger partial charge in [-0.3, -0.25) is 4.79 Å². The van der Waals surface area contributed by atoms with Gasteiger partial charge in [0.15, 0.2) is 11.5 Å². The molecule has 0 aromatic carbocycles. The predicted octanol–water partition coefficient (Wildman–Crippen LogP) is 1.28. The number of hydrogen-bond acceptors (Lipinski definition) is 8. The molecule has 0 radical (unpaired) electrons. The van der Waals surface area contributed by atoms with Crippen molar-refractivity contribution in [2.45, 2.75) is 37.8 Å². The average Bonchev–Trinajstić information content (AvgIpc) is 3.04. The van der Waals surface area contributed by atoms with Crippen LogP contribution in [0.3, 0.4) is 0 Å². The van der Waals surface area contributed by atoms with Crippen molar-refractivity contribution < 1.29 is 4.79 Å². The van der Waals surface area contributed by atoms with E-state index in [2.05, 4.69) is 30.8 Å². The van der Waals surface area contributed by atoms with Gasteiger partial charge in [0.1, 0.15) is 5.65 Å². The number of carbonyl (C=O) groups is 1. The number of nitrogens with two attached hydrogens (primary N) is 2. The zero-order valence-electron chi connectivity index (χ0n) is 15.6. The zero-order valence-corrected chi connectivity index (χ0v) is 15.6. The monoisotopic (exact) mass is 381 g/mol. The fraction of sp³-hybridized carbons (Fsp3) is 0.389. The highest BCUT2D eigenvalue weighted by Crippen LogP contribution is 2.23. The number of aromatic nitrogens is 5. The predicted molar refractivity (Wildman–Crippen MR) is 106 cm³/mol. The molecular formula is C18H23N9O. The molecule has 10 heteroatoms. The molecule has 0 saturated heterocycles. The second-order valence-corrected chi connectivity index (χ2v) is 7.08. The molecule has 28 heavy (non-hydrogen) atoms. The lowest BCUT2D eigenvalue weighted by Crippen LogP contribution is -2.43. The number of nitrogens with zero attached hydrogens (tertiary/aromatic N) is 5. The van der Waals surface area contributed by atoms with Crippen LogP contribution in [-0.2, 0) is 7.05 Å². The summed E-state index contributed by atoms with van der Waals surface area (Å²) in [5.74, 6) is -0.174. The molecule has 3 heterocycles. The SMILES string of the molecule is Cn1ccc2cc(Nc3nc(N[C@@H]4CCCC[C@@H]4N)nnc3C(N)=O)cnc21. The Morgan fingerprint density at radius 3 is 2.89 bits per heavy atom. The van der Waals surface area contributed by atoms with E-state index in [1.165, 1.54) is 0 Å². The summed E-state index contributed by atoms with van der Waals surface area (Å²) in [6, 6.07) is 3.98. The van der Waals surface area contributed by atoms with Crippen LogP contribution in [0.15, 0.2) is 24.5 Å². The smallest absolute Gasteiger partial charge is 0.273 e. The first kappa shape index (κ1) is 18.1. The van der Waals surface area contributed by atoms with Crippen LogP contribution in [0.5, 0.6) is 0 Å². The standard InChI is InChI=1S/C18H23N9O/c1-27-7-6-10-8-11(9-21-17(10)27)22-16-14(15(20)28)25-26-18(24-16)23-13-5-3-2-4-12(13)19/h6-9,12-13H,2-5,19H2,1H3,(H2,20,28)(H2,22,23,24,26)/t12-,13+/m0/s1. The van der Waals surface area contributed by atoms with E-state index >= 15 is 0 Å². The van der Waals surface area contributed by atoms with Crippen LogP contribution in [0.2, 0.25) is 0 Å². The summed E-state index contributed by atoms with van der Waals surface area (Å²) in [6.45, 7) is 0. The zero-order chi connectivity index (χ0) is 19.7. The number of aryl methyl sites for hydroxylation is 1. The Morgan fingerprint density at radius 1 is 1.29 bits per heavy atom. The largest absolute Gasteiger partial charge is 0.364 e. The van der Waals surface area contributed by atoms with Crippen LogP contribution in [0, 0.1) is 0 Å². The minimum atomic E-state index is -0.711. The maximum atomic E-state index is 11.8. The van der Waals surface area contributed by atoms with Crippen LogP contribution < -0.4 is 22.1 Å². The summed E-state index contributed by atoms with van der Waals surface area (Å²) in [4.78, 5) is 20.6. The van der Waals surface area contributed by atoms with Crippen molar-refractivity contribution >= 4 is 34.4 Å². The van der Waals surface area contributed by atoms with Gasteiger partial charge in [-0.25, -0.2) is 4.98 Å². The lowest BCUT2D eigenvalue weighted by Gasteiger charge is -2.29. The van der Waals surface area contributed by atoms with Gasteiger partial charge in [0.25, 0.3) is 5.91 Å². The second-order valence-electron chi connectivity index (χ2n) is 7.08. The number of nitrogens with one attached hydrogen (secondary N) is 2. The Morgan fingerprint density at radius 2 is 2.11 bits per heavy atom. The van der Waals surface area contributed by atoms with E-state index in [4.69, 9.17) is 11.5 Å². The summed E-state index contributed by atoms with van der Waals surface area (Å²) < 4.78 is 1.93. The summed E-state index contributed by atoms with van der Waals surface area (Å²) in [5.41, 5.74) is 13.1. The molecule has 6 N–H and O–H groups in total. The third-order valence-corrected chi connectivity index (χ3v) is 5.02. The molecule has 0 bridgehead atoms. The molecule has 10 nitrogen and oxygen atoms in total. The third kappa shape index (κ3) is 3.58. The Kier molecular flexibility index (Phi) is 4.78. The number of carbonyl (C=O) groups excluding carboxylic acids is 1. The summed E-state index contributed by atoms with van der Waals surface area (Å²) in [7, 11) is 1.93. The summed E-state index contributed by atoms with van der Waals surface area (Å²) >= 11 is 0. The van der Waals surface area contributed by atoms with Crippen molar-refractivity contribution in [3.8, 4) is 0 Å². The van der Waals surface area contributed by atoms with E-state index < -0.39 is 5.91 Å². The molecule has 1 aliphatic rings. The molecule has 1 aliphatic carbocycles. The molecule has 0 spiro atoms. The maximum absolute atomic E-state index is 11.8. The van der Waals surface area contributed by atoms with Gasteiger partial charge >= 0.3 is 0 Å². The van der Waals surface area contributed by atoms with E-state index in [1.807, 2.05) is 29.9 Å². The van der Waals surface area contributed by atoms with Crippen molar-refractivity contribution in [2.75, 3.05) is 10.6 Å². The summed E-state index contributed by atoms with van der Waals surface area (Å²) in [6.07, 6.45) is 7.72. The van der Waals surface area contributed by atoms with E-state index in [1.54, 1.807) is 6.20 Å². The molecule has 4 rings (SSSR count). The molecule has 1 fully saturated rings. The first-order chi connectivity index (χ1) is 13.5. The number of pyridine rings is 1. The Hall–Kier alpha value is -3.27. The van der Waals surface area contributed by atoms with Crippen LogP contribution in [0.25, 0.3) is 11.0 Å². The number of primary amides is 1. The Labute approximate surface area is 161 Å². The molecule has 2 atom stereocenters. The van der Waals surface area contributed by atoms with Crippen LogP contribution in [0.1, 0.15) is 36.2 Å². The fourth-order valence-corrected chi connectivity index (χ4v) is 3.50. The average molecular weight is 381 g/mol. The highest BCUT2D eigenvalue weighted by molar-refractivity contribution is 5.96. The molecule has 146 valence electrons. The molecular weight excluding hydrogens is 358 g/mol. The molecule has 1 saturated carbocycles. The van der Waals surface area contributed by atoms with E-state index in [-0.39, 0.29) is 23.6 Å². The quantitative estimate of drug-likeness (QED) is 0.516. The van der Waals surface area contributed by atoms with Crippen molar-refractivity contribution in [3.05, 3.63) is 30.2 Å². The second kappa shape index (κ2) is 7.39. The first-order valence-corrected chi connectivity index (χ1v) is 9.26. The van der Waals surface area contributed by atoms with E-state index in [0.29, 0.717) is 11.6 Å². The molecule has 0 unspecified atom stereocenters. The van der Waals surface area contributed by atoms with Gasteiger partial charge in [0.2, 0.25) is 5.95 Å². The Balaban J connectivity index is 1.62. The van der Waals surface area contributed by atoms with Gasteiger partial charge in [0, 0.05) is 30.7 Å². The van der Waals surface area contributed by atoms with Gasteiger partial charge in [-0.1, -0.05) is 12.8 Å². The number of anilines is 3. The highest BCUT2D eigenvalue weighted by atomic mass is 16.1. The van der Waals surface area contributed by atoms with Crippen LogP contribution in [-0.4, -0.2) is 42.7 Å². The normalized spacial score (nSPS) is 19.5. The number of rotatable bonds is 5.